The number of carbonyl (C=O) groups excluding carboxylic acids is 1. The van der Waals surface area contributed by atoms with Gasteiger partial charge in [0, 0.05) is 4.88 Å². The number of anilines is 1. The number of nitrogens with two attached hydrogens (primary N) is 1. The molecule has 5 heteroatoms. The number of carbonyl (C=O) groups is 1. The Morgan fingerprint density at radius 1 is 1.35 bits per heavy atom. The van der Waals surface area contributed by atoms with Crippen molar-refractivity contribution in [2.75, 3.05) is 12.8 Å². The largest absolute Gasteiger partial charge is 0.465 e. The average molecular weight is 267 g/mol. The summed E-state index contributed by atoms with van der Waals surface area (Å²) >= 11 is 3.06. The van der Waals surface area contributed by atoms with Crippen LogP contribution in [-0.2, 0) is 4.74 Å². The van der Waals surface area contributed by atoms with Crippen molar-refractivity contribution in [1.82, 2.24) is 0 Å². The lowest BCUT2D eigenvalue weighted by Gasteiger charge is -1.97. The van der Waals surface area contributed by atoms with Crippen LogP contribution in [0.5, 0.6) is 0 Å². The Balaban J connectivity index is 2.58. The summed E-state index contributed by atoms with van der Waals surface area (Å²) in [4.78, 5) is 14.3. The van der Waals surface area contributed by atoms with Gasteiger partial charge in [0.05, 0.1) is 17.7 Å². The van der Waals surface area contributed by atoms with Crippen molar-refractivity contribution in [3.63, 3.8) is 0 Å². The second kappa shape index (κ2) is 4.50. The van der Waals surface area contributed by atoms with E-state index < -0.39 is 0 Å². The molecule has 0 unspecified atom stereocenters. The van der Waals surface area contributed by atoms with Crippen LogP contribution in [0.15, 0.2) is 11.4 Å². The van der Waals surface area contributed by atoms with E-state index in [1.165, 1.54) is 28.9 Å². The Hall–Kier alpha value is -1.33. The average Bonchev–Trinajstić information content (AvgIpc) is 2.85. The lowest BCUT2D eigenvalue weighted by Crippen LogP contribution is -2.01. The minimum Gasteiger partial charge on any atom is -0.465 e. The van der Waals surface area contributed by atoms with E-state index in [4.69, 9.17) is 10.5 Å². The Bertz CT molecular complexity index is 569. The van der Waals surface area contributed by atoms with E-state index in [1.54, 1.807) is 11.3 Å². The maximum atomic E-state index is 11.6. The van der Waals surface area contributed by atoms with Crippen molar-refractivity contribution in [3.8, 4) is 9.75 Å². The molecule has 0 amide bonds. The van der Waals surface area contributed by atoms with Gasteiger partial charge in [0.1, 0.15) is 4.88 Å². The molecule has 2 rings (SSSR count). The summed E-state index contributed by atoms with van der Waals surface area (Å²) in [6.07, 6.45) is 0. The molecule has 0 saturated carbocycles. The first-order valence-corrected chi connectivity index (χ1v) is 6.77. The van der Waals surface area contributed by atoms with E-state index >= 15 is 0 Å². The molecule has 0 aliphatic rings. The van der Waals surface area contributed by atoms with Crippen LogP contribution in [-0.4, -0.2) is 13.1 Å². The van der Waals surface area contributed by atoms with Gasteiger partial charge >= 0.3 is 5.97 Å². The molecule has 0 fully saturated rings. The molecule has 0 aliphatic heterocycles. The highest BCUT2D eigenvalue weighted by Gasteiger charge is 2.21. The highest BCUT2D eigenvalue weighted by Crippen LogP contribution is 2.41. The minimum absolute atomic E-state index is 0.365. The molecule has 0 bridgehead atoms. The minimum atomic E-state index is -0.365. The van der Waals surface area contributed by atoms with Crippen LogP contribution in [0.4, 0.5) is 5.69 Å². The standard InChI is InChI=1S/C12H13NO2S2/c1-6-4-5-16-9(6)10-7(2)8(13)11(17-10)12(14)15-3/h4-5H,13H2,1-3H3. The van der Waals surface area contributed by atoms with Crippen LogP contribution in [0.1, 0.15) is 20.8 Å². The number of rotatable bonds is 2. The quantitative estimate of drug-likeness (QED) is 0.848. The Morgan fingerprint density at radius 2 is 2.06 bits per heavy atom. The maximum Gasteiger partial charge on any atom is 0.350 e. The molecule has 2 aromatic rings. The first-order chi connectivity index (χ1) is 8.06. The summed E-state index contributed by atoms with van der Waals surface area (Å²) in [6, 6.07) is 2.06. The van der Waals surface area contributed by atoms with Crippen molar-refractivity contribution in [2.24, 2.45) is 0 Å². The van der Waals surface area contributed by atoms with E-state index in [1.807, 2.05) is 12.3 Å². The predicted molar refractivity (Wildman–Crippen MR) is 72.9 cm³/mol. The summed E-state index contributed by atoms with van der Waals surface area (Å²) < 4.78 is 4.73. The molecule has 0 saturated heterocycles. The third-order valence-corrected chi connectivity index (χ3v) is 5.10. The van der Waals surface area contributed by atoms with E-state index in [9.17, 15) is 4.79 Å². The van der Waals surface area contributed by atoms with Gasteiger partial charge in [-0.25, -0.2) is 4.79 Å². The summed E-state index contributed by atoms with van der Waals surface area (Å²) in [6.45, 7) is 3.99. The van der Waals surface area contributed by atoms with Crippen molar-refractivity contribution < 1.29 is 9.53 Å². The lowest BCUT2D eigenvalue weighted by molar-refractivity contribution is 0.0607. The van der Waals surface area contributed by atoms with E-state index in [2.05, 4.69) is 13.0 Å². The van der Waals surface area contributed by atoms with Crippen molar-refractivity contribution in [2.45, 2.75) is 13.8 Å². The number of hydrogen-bond donors (Lipinski definition) is 1. The molecular weight excluding hydrogens is 254 g/mol. The molecule has 0 aliphatic carbocycles. The predicted octanol–water partition coefficient (Wildman–Crippen LogP) is 3.46. The number of esters is 1. The topological polar surface area (TPSA) is 52.3 Å². The second-order valence-electron chi connectivity index (χ2n) is 3.72. The van der Waals surface area contributed by atoms with Gasteiger partial charge in [-0.05, 0) is 36.4 Å². The van der Waals surface area contributed by atoms with Crippen LogP contribution in [0, 0.1) is 13.8 Å². The van der Waals surface area contributed by atoms with Gasteiger partial charge in [-0.3, -0.25) is 0 Å². The summed E-state index contributed by atoms with van der Waals surface area (Å²) in [5.74, 6) is -0.365. The van der Waals surface area contributed by atoms with Crippen LogP contribution in [0.2, 0.25) is 0 Å². The number of aryl methyl sites for hydroxylation is 1. The number of ether oxygens (including phenoxy) is 1. The van der Waals surface area contributed by atoms with Gasteiger partial charge in [-0.15, -0.1) is 22.7 Å². The van der Waals surface area contributed by atoms with Gasteiger partial charge in [-0.2, -0.15) is 0 Å². The smallest absolute Gasteiger partial charge is 0.350 e. The summed E-state index contributed by atoms with van der Waals surface area (Å²) in [5, 5.41) is 2.04. The fraction of sp³-hybridized carbons (Fsp3) is 0.250. The third-order valence-electron chi connectivity index (χ3n) is 2.63. The lowest BCUT2D eigenvalue weighted by atomic mass is 10.1. The zero-order chi connectivity index (χ0) is 12.6. The van der Waals surface area contributed by atoms with Gasteiger partial charge in [0.25, 0.3) is 0 Å². The van der Waals surface area contributed by atoms with Crippen molar-refractivity contribution in [1.29, 1.82) is 0 Å². The maximum absolute atomic E-state index is 11.6. The van der Waals surface area contributed by atoms with Crippen molar-refractivity contribution >= 4 is 34.3 Å². The molecule has 0 aromatic carbocycles. The summed E-state index contributed by atoms with van der Waals surface area (Å²) in [5.41, 5.74) is 8.65. The zero-order valence-corrected chi connectivity index (χ0v) is 11.5. The molecule has 0 spiro atoms. The molecule has 0 radical (unpaired) electrons. The number of hydrogen-bond acceptors (Lipinski definition) is 5. The first-order valence-electron chi connectivity index (χ1n) is 5.08. The highest BCUT2D eigenvalue weighted by molar-refractivity contribution is 7.23. The number of thiophene rings is 2. The van der Waals surface area contributed by atoms with Crippen molar-refractivity contribution in [3.05, 3.63) is 27.5 Å². The second-order valence-corrected chi connectivity index (χ2v) is 5.66. The molecule has 90 valence electrons. The monoisotopic (exact) mass is 267 g/mol. The number of nitrogen functional groups attached to an aromatic ring is 1. The fourth-order valence-corrected chi connectivity index (χ4v) is 3.93. The van der Waals surface area contributed by atoms with Gasteiger partial charge in [0.2, 0.25) is 0 Å². The van der Waals surface area contributed by atoms with E-state index in [-0.39, 0.29) is 5.97 Å². The first kappa shape index (κ1) is 12.1. The molecule has 2 N–H and O–H groups in total. The molecule has 2 heterocycles. The van der Waals surface area contributed by atoms with Crippen LogP contribution < -0.4 is 5.73 Å². The molecular formula is C12H13NO2S2. The molecule has 0 atom stereocenters. The van der Waals surface area contributed by atoms with Gasteiger partial charge < -0.3 is 10.5 Å². The van der Waals surface area contributed by atoms with Gasteiger partial charge in [0.15, 0.2) is 0 Å². The van der Waals surface area contributed by atoms with E-state index in [0.717, 1.165) is 10.4 Å². The SMILES string of the molecule is COC(=O)c1sc(-c2sccc2C)c(C)c1N. The van der Waals surface area contributed by atoms with E-state index in [0.29, 0.717) is 10.6 Å². The third kappa shape index (κ3) is 1.96. The Labute approximate surface area is 108 Å². The highest BCUT2D eigenvalue weighted by atomic mass is 32.1. The molecule has 2 aromatic heterocycles. The van der Waals surface area contributed by atoms with Gasteiger partial charge in [-0.1, -0.05) is 0 Å². The molecule has 3 nitrogen and oxygen atoms in total. The van der Waals surface area contributed by atoms with Crippen LogP contribution in [0.3, 0.4) is 0 Å². The fourth-order valence-electron chi connectivity index (χ4n) is 1.59. The Morgan fingerprint density at radius 3 is 2.59 bits per heavy atom. The van der Waals surface area contributed by atoms with Crippen LogP contribution in [0.25, 0.3) is 9.75 Å². The molecule has 17 heavy (non-hydrogen) atoms. The van der Waals surface area contributed by atoms with Crippen LogP contribution >= 0.6 is 22.7 Å². The number of methoxy groups -OCH3 is 1. The normalized spacial score (nSPS) is 10.5. The zero-order valence-electron chi connectivity index (χ0n) is 9.87. The Kier molecular flexibility index (Phi) is 3.22. The summed E-state index contributed by atoms with van der Waals surface area (Å²) in [7, 11) is 1.37.